The standard InChI is InChI=1S/C14H10O2.C4H6O2/c15-13(11-7-3-1-4-8-11)14(16)12-9-5-2-6-10-12;1-3(2)4(5)6/h1-10H;1H2,2H3,(H,5,6). The van der Waals surface area contributed by atoms with Crippen molar-refractivity contribution in [2.75, 3.05) is 0 Å². The number of rotatable bonds is 4. The lowest BCUT2D eigenvalue weighted by Gasteiger charge is -1.99. The van der Waals surface area contributed by atoms with E-state index in [2.05, 4.69) is 6.58 Å². The summed E-state index contributed by atoms with van der Waals surface area (Å²) in [6.45, 7) is 4.60. The number of hydrogen-bond acceptors (Lipinski definition) is 3. The minimum Gasteiger partial charge on any atom is -0.478 e. The van der Waals surface area contributed by atoms with Gasteiger partial charge in [-0.3, -0.25) is 9.59 Å². The number of carboxylic acid groups (broad SMARTS) is 1. The van der Waals surface area contributed by atoms with Crippen LogP contribution in [-0.4, -0.2) is 22.6 Å². The summed E-state index contributed by atoms with van der Waals surface area (Å²) >= 11 is 0. The van der Waals surface area contributed by atoms with Crippen LogP contribution < -0.4 is 0 Å². The molecule has 0 fully saturated rings. The molecule has 1 N–H and O–H groups in total. The Balaban J connectivity index is 0.000000346. The zero-order valence-corrected chi connectivity index (χ0v) is 12.2. The predicted molar refractivity (Wildman–Crippen MR) is 84.0 cm³/mol. The van der Waals surface area contributed by atoms with E-state index < -0.39 is 17.5 Å². The van der Waals surface area contributed by atoms with E-state index in [1.54, 1.807) is 48.5 Å². The van der Waals surface area contributed by atoms with Gasteiger partial charge in [-0.25, -0.2) is 4.79 Å². The van der Waals surface area contributed by atoms with Gasteiger partial charge in [0.25, 0.3) is 0 Å². The van der Waals surface area contributed by atoms with Crippen molar-refractivity contribution < 1.29 is 19.5 Å². The monoisotopic (exact) mass is 296 g/mol. The highest BCUT2D eigenvalue weighted by atomic mass is 16.4. The first-order valence-electron chi connectivity index (χ1n) is 6.51. The number of carbonyl (C=O) groups is 3. The van der Waals surface area contributed by atoms with Crippen LogP contribution >= 0.6 is 0 Å². The quantitative estimate of drug-likeness (QED) is 0.533. The van der Waals surface area contributed by atoms with Gasteiger partial charge in [-0.1, -0.05) is 67.2 Å². The van der Waals surface area contributed by atoms with Crippen LogP contribution in [0.5, 0.6) is 0 Å². The Labute approximate surface area is 128 Å². The fourth-order valence-corrected chi connectivity index (χ4v) is 1.44. The maximum absolute atomic E-state index is 11.8. The Morgan fingerprint density at radius 3 is 1.27 bits per heavy atom. The average molecular weight is 296 g/mol. The minimum absolute atomic E-state index is 0.176. The second kappa shape index (κ2) is 8.32. The first-order chi connectivity index (χ1) is 10.4. The van der Waals surface area contributed by atoms with Crippen LogP contribution in [0.25, 0.3) is 0 Å². The second-order valence-electron chi connectivity index (χ2n) is 4.48. The molecule has 0 aliphatic heterocycles. The van der Waals surface area contributed by atoms with Crippen molar-refractivity contribution in [1.29, 1.82) is 0 Å². The topological polar surface area (TPSA) is 71.4 Å². The van der Waals surface area contributed by atoms with E-state index in [1.807, 2.05) is 12.1 Å². The minimum atomic E-state index is -0.935. The van der Waals surface area contributed by atoms with Gasteiger partial charge in [0.05, 0.1) is 0 Å². The Morgan fingerprint density at radius 1 is 0.773 bits per heavy atom. The first kappa shape index (κ1) is 17.0. The number of carboxylic acids is 1. The van der Waals surface area contributed by atoms with Crippen molar-refractivity contribution >= 4 is 17.5 Å². The van der Waals surface area contributed by atoms with E-state index in [-0.39, 0.29) is 5.57 Å². The molecule has 2 aromatic carbocycles. The highest BCUT2D eigenvalue weighted by molar-refractivity contribution is 6.49. The normalized spacial score (nSPS) is 9.14. The van der Waals surface area contributed by atoms with Crippen LogP contribution in [0.15, 0.2) is 72.8 Å². The number of Topliss-reactive ketones (excluding diaryl/α,β-unsaturated/α-hetero) is 2. The molecule has 2 rings (SSSR count). The molecule has 0 atom stereocenters. The van der Waals surface area contributed by atoms with Crippen LogP contribution in [0.4, 0.5) is 0 Å². The van der Waals surface area contributed by atoms with Crippen molar-refractivity contribution in [1.82, 2.24) is 0 Å². The molecule has 0 bridgehead atoms. The smallest absolute Gasteiger partial charge is 0.330 e. The number of carbonyl (C=O) groups excluding carboxylic acids is 2. The predicted octanol–water partition coefficient (Wildman–Crippen LogP) is 3.40. The van der Waals surface area contributed by atoms with Crippen molar-refractivity contribution in [3.8, 4) is 0 Å². The molecule has 0 saturated heterocycles. The lowest BCUT2D eigenvalue weighted by molar-refractivity contribution is -0.132. The summed E-state index contributed by atoms with van der Waals surface area (Å²) in [4.78, 5) is 33.2. The summed E-state index contributed by atoms with van der Waals surface area (Å²) in [5, 5.41) is 7.89. The van der Waals surface area contributed by atoms with Gasteiger partial charge in [0.2, 0.25) is 11.6 Å². The van der Waals surface area contributed by atoms with E-state index in [0.717, 1.165) is 0 Å². The summed E-state index contributed by atoms with van der Waals surface area (Å²) in [6.07, 6.45) is 0. The van der Waals surface area contributed by atoms with Gasteiger partial charge in [0.1, 0.15) is 0 Å². The Bertz CT molecular complexity index is 611. The van der Waals surface area contributed by atoms with Crippen molar-refractivity contribution in [3.63, 3.8) is 0 Å². The van der Waals surface area contributed by atoms with Crippen molar-refractivity contribution in [3.05, 3.63) is 83.9 Å². The molecule has 0 spiro atoms. The number of benzene rings is 2. The molecule has 4 nitrogen and oxygen atoms in total. The van der Waals surface area contributed by atoms with Crippen molar-refractivity contribution in [2.24, 2.45) is 0 Å². The summed E-state index contributed by atoms with van der Waals surface area (Å²) in [7, 11) is 0. The lowest BCUT2D eigenvalue weighted by atomic mass is 10.0. The fraction of sp³-hybridized carbons (Fsp3) is 0.0556. The average Bonchev–Trinajstić information content (AvgIpc) is 2.55. The van der Waals surface area contributed by atoms with Gasteiger partial charge in [0, 0.05) is 16.7 Å². The molecule has 112 valence electrons. The molecule has 0 saturated carbocycles. The lowest BCUT2D eigenvalue weighted by Crippen LogP contribution is -2.14. The van der Waals surface area contributed by atoms with E-state index in [0.29, 0.717) is 11.1 Å². The third-order valence-corrected chi connectivity index (χ3v) is 2.64. The van der Waals surface area contributed by atoms with E-state index in [9.17, 15) is 14.4 Å². The van der Waals surface area contributed by atoms with Gasteiger partial charge < -0.3 is 5.11 Å². The summed E-state index contributed by atoms with van der Waals surface area (Å²) in [5.74, 6) is -1.87. The molecule has 0 unspecified atom stereocenters. The summed E-state index contributed by atoms with van der Waals surface area (Å²) < 4.78 is 0. The van der Waals surface area contributed by atoms with Crippen LogP contribution in [-0.2, 0) is 4.79 Å². The molecule has 4 heteroatoms. The van der Waals surface area contributed by atoms with Gasteiger partial charge in [0.15, 0.2) is 0 Å². The Hall–Kier alpha value is -3.01. The molecular weight excluding hydrogens is 280 g/mol. The number of aliphatic carboxylic acids is 1. The number of hydrogen-bond donors (Lipinski definition) is 1. The first-order valence-corrected chi connectivity index (χ1v) is 6.51. The van der Waals surface area contributed by atoms with Crippen LogP contribution in [0.2, 0.25) is 0 Å². The van der Waals surface area contributed by atoms with Gasteiger partial charge in [-0.05, 0) is 6.92 Å². The molecule has 22 heavy (non-hydrogen) atoms. The second-order valence-corrected chi connectivity index (χ2v) is 4.48. The van der Waals surface area contributed by atoms with Gasteiger partial charge in [-0.2, -0.15) is 0 Å². The molecule has 0 amide bonds. The highest BCUT2D eigenvalue weighted by Gasteiger charge is 2.16. The highest BCUT2D eigenvalue weighted by Crippen LogP contribution is 2.07. The Morgan fingerprint density at radius 2 is 1.05 bits per heavy atom. The zero-order chi connectivity index (χ0) is 16.5. The number of ketones is 2. The van der Waals surface area contributed by atoms with Crippen LogP contribution in [0, 0.1) is 0 Å². The third kappa shape index (κ3) is 5.17. The molecular formula is C18H16O4. The van der Waals surface area contributed by atoms with E-state index in [4.69, 9.17) is 5.11 Å². The van der Waals surface area contributed by atoms with Gasteiger partial charge in [-0.15, -0.1) is 0 Å². The van der Waals surface area contributed by atoms with E-state index in [1.165, 1.54) is 6.92 Å². The Kier molecular flexibility index (Phi) is 6.44. The maximum Gasteiger partial charge on any atom is 0.330 e. The van der Waals surface area contributed by atoms with Crippen molar-refractivity contribution in [2.45, 2.75) is 6.92 Å². The zero-order valence-electron chi connectivity index (χ0n) is 12.2. The molecule has 0 radical (unpaired) electrons. The fourth-order valence-electron chi connectivity index (χ4n) is 1.44. The molecule has 0 aliphatic carbocycles. The maximum atomic E-state index is 11.8. The SMILES string of the molecule is C=C(C)C(=O)O.O=C(C(=O)c1ccccc1)c1ccccc1. The van der Waals surface area contributed by atoms with Gasteiger partial charge >= 0.3 is 5.97 Å². The third-order valence-electron chi connectivity index (χ3n) is 2.64. The molecule has 2 aromatic rings. The van der Waals surface area contributed by atoms with E-state index >= 15 is 0 Å². The molecule has 0 aliphatic rings. The summed E-state index contributed by atoms with van der Waals surface area (Å²) in [6, 6.07) is 17.2. The molecule has 0 aromatic heterocycles. The largest absolute Gasteiger partial charge is 0.478 e. The van der Waals surface area contributed by atoms with Crippen LogP contribution in [0.1, 0.15) is 27.6 Å². The summed E-state index contributed by atoms with van der Waals surface area (Å²) in [5.41, 5.74) is 1.03. The molecule has 0 heterocycles. The van der Waals surface area contributed by atoms with Crippen LogP contribution in [0.3, 0.4) is 0 Å².